The summed E-state index contributed by atoms with van der Waals surface area (Å²) >= 11 is 0. The van der Waals surface area contributed by atoms with E-state index >= 15 is 0 Å². The average molecular weight is 453 g/mol. The number of anilines is 1. The number of aryl methyl sites for hydroxylation is 1. The number of nitrogens with two attached hydrogens (primary N) is 1. The van der Waals surface area contributed by atoms with E-state index in [-0.39, 0.29) is 29.3 Å². The standard InChI is InChI=1S/C21H19F4N3O4/c1-2-9-5-12(19(30)32-20(31)21(23,24)25)18(29)27-17(9)11-4-3-10(6-15(11)22)28-7-13-14(8-28)16(13)26/h3-6,13-14,16H,2,7-8,26H2,1H3,(H,27,29). The first-order valence-electron chi connectivity index (χ1n) is 9.91. The number of ether oxygens (including phenoxy) is 1. The molecule has 1 aromatic heterocycles. The van der Waals surface area contributed by atoms with Gasteiger partial charge in [-0.2, -0.15) is 13.2 Å². The Hall–Kier alpha value is -3.21. The van der Waals surface area contributed by atoms with Crippen LogP contribution in [0.15, 0.2) is 29.1 Å². The molecule has 0 amide bonds. The van der Waals surface area contributed by atoms with Gasteiger partial charge in [-0.25, -0.2) is 14.0 Å². The van der Waals surface area contributed by atoms with Crippen molar-refractivity contribution in [3.8, 4) is 11.3 Å². The van der Waals surface area contributed by atoms with Crippen molar-refractivity contribution in [1.29, 1.82) is 0 Å². The van der Waals surface area contributed by atoms with Gasteiger partial charge in [0.1, 0.15) is 11.4 Å². The molecule has 1 saturated carbocycles. The number of nitrogens with one attached hydrogen (secondary N) is 1. The number of alkyl halides is 3. The van der Waals surface area contributed by atoms with Crippen molar-refractivity contribution in [3.63, 3.8) is 0 Å². The number of aromatic nitrogens is 1. The van der Waals surface area contributed by atoms with Crippen LogP contribution in [0.4, 0.5) is 23.2 Å². The first-order valence-corrected chi connectivity index (χ1v) is 9.91. The Bertz CT molecular complexity index is 1150. The van der Waals surface area contributed by atoms with Crippen LogP contribution in [0, 0.1) is 17.7 Å². The highest BCUT2D eigenvalue weighted by atomic mass is 19.4. The van der Waals surface area contributed by atoms with Crippen LogP contribution in [0.5, 0.6) is 0 Å². The zero-order valence-electron chi connectivity index (χ0n) is 16.8. The minimum Gasteiger partial charge on any atom is -0.382 e. The molecule has 1 aliphatic carbocycles. The molecule has 2 atom stereocenters. The van der Waals surface area contributed by atoms with Crippen LogP contribution in [-0.4, -0.2) is 42.2 Å². The number of halogens is 4. The van der Waals surface area contributed by atoms with Gasteiger partial charge in [-0.15, -0.1) is 0 Å². The maximum absolute atomic E-state index is 14.9. The Morgan fingerprint density at radius 1 is 1.22 bits per heavy atom. The van der Waals surface area contributed by atoms with E-state index in [0.29, 0.717) is 17.5 Å². The number of esters is 2. The molecule has 170 valence electrons. The van der Waals surface area contributed by atoms with Crippen LogP contribution in [0.3, 0.4) is 0 Å². The maximum Gasteiger partial charge on any atom is 0.491 e. The highest BCUT2D eigenvalue weighted by Gasteiger charge is 2.53. The molecular weight excluding hydrogens is 434 g/mol. The number of fused-ring (bicyclic) bond motifs is 1. The molecule has 4 rings (SSSR count). The molecule has 1 saturated heterocycles. The molecule has 2 fully saturated rings. The fourth-order valence-electron chi connectivity index (χ4n) is 4.13. The molecule has 0 radical (unpaired) electrons. The van der Waals surface area contributed by atoms with Crippen LogP contribution < -0.4 is 16.2 Å². The van der Waals surface area contributed by atoms with Gasteiger partial charge in [0, 0.05) is 30.4 Å². The summed E-state index contributed by atoms with van der Waals surface area (Å²) in [5.74, 6) is -4.25. The topological polar surface area (TPSA) is 105 Å². The van der Waals surface area contributed by atoms with E-state index in [2.05, 4.69) is 9.72 Å². The number of aromatic amines is 1. The number of piperidine rings is 1. The summed E-state index contributed by atoms with van der Waals surface area (Å²) in [6.07, 6.45) is -5.17. The molecule has 2 aromatic rings. The molecule has 0 bridgehead atoms. The quantitative estimate of drug-likeness (QED) is 0.419. The SMILES string of the molecule is CCc1cc(C(=O)OC(=O)C(F)(F)F)c(=O)[nH]c1-c1ccc(N2CC3C(N)C3C2)cc1F. The van der Waals surface area contributed by atoms with Gasteiger partial charge in [-0.05, 0) is 48.1 Å². The van der Waals surface area contributed by atoms with Gasteiger partial charge in [0.25, 0.3) is 5.56 Å². The molecule has 1 aromatic carbocycles. The Morgan fingerprint density at radius 2 is 1.88 bits per heavy atom. The van der Waals surface area contributed by atoms with Gasteiger partial charge >= 0.3 is 18.1 Å². The first kappa shape index (κ1) is 22.0. The summed E-state index contributed by atoms with van der Waals surface area (Å²) in [5, 5.41) is 0. The summed E-state index contributed by atoms with van der Waals surface area (Å²) in [5.41, 5.74) is 5.16. The lowest BCUT2D eigenvalue weighted by Crippen LogP contribution is -2.30. The fraction of sp³-hybridized carbons (Fsp3) is 0.381. The van der Waals surface area contributed by atoms with E-state index in [1.165, 1.54) is 12.1 Å². The van der Waals surface area contributed by atoms with E-state index in [1.807, 2.05) is 4.90 Å². The lowest BCUT2D eigenvalue weighted by Gasteiger charge is -2.22. The summed E-state index contributed by atoms with van der Waals surface area (Å²) in [7, 11) is 0. The second-order valence-electron chi connectivity index (χ2n) is 7.91. The Balaban J connectivity index is 1.61. The zero-order chi connectivity index (χ0) is 23.4. The minimum absolute atomic E-state index is 0.0649. The molecule has 1 aliphatic heterocycles. The van der Waals surface area contributed by atoms with Crippen LogP contribution in [0.25, 0.3) is 11.3 Å². The van der Waals surface area contributed by atoms with Crippen molar-refractivity contribution in [2.24, 2.45) is 17.6 Å². The third kappa shape index (κ3) is 3.88. The van der Waals surface area contributed by atoms with Crippen LogP contribution in [0.1, 0.15) is 22.8 Å². The smallest absolute Gasteiger partial charge is 0.382 e. The molecule has 2 heterocycles. The third-order valence-corrected chi connectivity index (χ3v) is 5.99. The number of hydrogen-bond acceptors (Lipinski definition) is 6. The lowest BCUT2D eigenvalue weighted by molar-refractivity contribution is -0.193. The highest BCUT2D eigenvalue weighted by molar-refractivity contribution is 5.98. The highest BCUT2D eigenvalue weighted by Crippen LogP contribution is 2.45. The van der Waals surface area contributed by atoms with Gasteiger partial charge in [0.05, 0.1) is 5.69 Å². The number of carbonyl (C=O) groups excluding carboxylic acids is 2. The normalized spacial score (nSPS) is 21.9. The van der Waals surface area contributed by atoms with E-state index in [1.54, 1.807) is 13.0 Å². The summed E-state index contributed by atoms with van der Waals surface area (Å²) in [6, 6.07) is 5.74. The van der Waals surface area contributed by atoms with Crippen molar-refractivity contribution in [2.45, 2.75) is 25.6 Å². The van der Waals surface area contributed by atoms with E-state index in [4.69, 9.17) is 5.73 Å². The molecule has 11 heteroatoms. The molecule has 7 nitrogen and oxygen atoms in total. The lowest BCUT2D eigenvalue weighted by atomic mass is 10.0. The summed E-state index contributed by atoms with van der Waals surface area (Å²) in [6.45, 7) is 3.14. The van der Waals surface area contributed by atoms with E-state index < -0.39 is 35.1 Å². The Labute approximate surface area is 179 Å². The van der Waals surface area contributed by atoms with Crippen molar-refractivity contribution in [2.75, 3.05) is 18.0 Å². The molecule has 32 heavy (non-hydrogen) atoms. The molecular formula is C21H19F4N3O4. The monoisotopic (exact) mass is 453 g/mol. The molecule has 2 unspecified atom stereocenters. The van der Waals surface area contributed by atoms with Gasteiger partial charge < -0.3 is 20.4 Å². The third-order valence-electron chi connectivity index (χ3n) is 5.99. The van der Waals surface area contributed by atoms with Crippen LogP contribution in [0.2, 0.25) is 0 Å². The van der Waals surface area contributed by atoms with Crippen molar-refractivity contribution in [1.82, 2.24) is 4.98 Å². The number of rotatable bonds is 4. The second-order valence-corrected chi connectivity index (χ2v) is 7.91. The van der Waals surface area contributed by atoms with E-state index in [9.17, 15) is 31.9 Å². The number of benzene rings is 1. The minimum atomic E-state index is -5.39. The van der Waals surface area contributed by atoms with Crippen molar-refractivity contribution >= 4 is 17.6 Å². The summed E-state index contributed by atoms with van der Waals surface area (Å²) in [4.78, 5) is 39.5. The molecule has 2 aliphatic rings. The second kappa shape index (κ2) is 7.73. The molecule has 3 N–H and O–H groups in total. The maximum atomic E-state index is 14.9. The van der Waals surface area contributed by atoms with Crippen molar-refractivity contribution in [3.05, 3.63) is 51.6 Å². The number of carbonyl (C=O) groups is 2. The predicted octanol–water partition coefficient (Wildman–Crippen LogP) is 2.38. The number of H-pyrrole nitrogens is 1. The largest absolute Gasteiger partial charge is 0.491 e. The van der Waals surface area contributed by atoms with Crippen LogP contribution >= 0.6 is 0 Å². The zero-order valence-corrected chi connectivity index (χ0v) is 16.8. The van der Waals surface area contributed by atoms with E-state index in [0.717, 1.165) is 19.2 Å². The number of nitrogens with zero attached hydrogens (tertiary/aromatic N) is 1. The first-order chi connectivity index (χ1) is 15.0. The van der Waals surface area contributed by atoms with Crippen molar-refractivity contribution < 1.29 is 31.9 Å². The number of hydrogen-bond donors (Lipinski definition) is 2. The van der Waals surface area contributed by atoms with Gasteiger partial charge in [-0.3, -0.25) is 4.79 Å². The Kier molecular flexibility index (Phi) is 5.32. The molecule has 0 spiro atoms. The Morgan fingerprint density at radius 3 is 2.44 bits per heavy atom. The van der Waals surface area contributed by atoms with Gasteiger partial charge in [-0.1, -0.05) is 6.92 Å². The average Bonchev–Trinajstić information content (AvgIpc) is 3.12. The number of pyridine rings is 1. The van der Waals surface area contributed by atoms with Gasteiger partial charge in [0.2, 0.25) is 0 Å². The predicted molar refractivity (Wildman–Crippen MR) is 105 cm³/mol. The summed E-state index contributed by atoms with van der Waals surface area (Å²) < 4.78 is 55.7. The fourth-order valence-corrected chi connectivity index (χ4v) is 4.13. The van der Waals surface area contributed by atoms with Gasteiger partial charge in [0.15, 0.2) is 0 Å². The van der Waals surface area contributed by atoms with Crippen LogP contribution in [-0.2, 0) is 16.0 Å².